The molecule has 1 aliphatic rings. The van der Waals surface area contributed by atoms with Gasteiger partial charge in [-0.3, -0.25) is 9.59 Å². The summed E-state index contributed by atoms with van der Waals surface area (Å²) < 4.78 is 0. The van der Waals surface area contributed by atoms with E-state index in [9.17, 15) is 9.59 Å². The minimum Gasteiger partial charge on any atom is -0.370 e. The average molecular weight is 360 g/mol. The molecule has 1 saturated carbocycles. The Hall–Kier alpha value is -1.30. The molecule has 5 N–H and O–H groups in total. The van der Waals surface area contributed by atoms with Crippen molar-refractivity contribution in [2.75, 3.05) is 0 Å². The number of halogens is 2. The Morgan fingerprint density at radius 2 is 2.09 bits per heavy atom. The summed E-state index contributed by atoms with van der Waals surface area (Å²) in [6.07, 6.45) is 3.45. The highest BCUT2D eigenvalue weighted by atomic mass is 35.5. The zero-order valence-corrected chi connectivity index (χ0v) is 14.4. The maximum atomic E-state index is 12.2. The number of carbonyl (C=O) groups excluding carboxylic acids is 2. The van der Waals surface area contributed by atoms with E-state index in [1.807, 2.05) is 6.07 Å². The van der Waals surface area contributed by atoms with E-state index in [0.29, 0.717) is 11.4 Å². The van der Waals surface area contributed by atoms with Crippen LogP contribution in [0.4, 0.5) is 0 Å². The number of nitrogens with two attached hydrogens (primary N) is 2. The fourth-order valence-corrected chi connectivity index (χ4v) is 3.19. The highest BCUT2D eigenvalue weighted by molar-refractivity contribution is 6.30. The van der Waals surface area contributed by atoms with Crippen LogP contribution in [0.2, 0.25) is 5.02 Å². The molecule has 2 amide bonds. The molecule has 1 aliphatic carbocycles. The number of hydrogen-bond acceptors (Lipinski definition) is 3. The first-order chi connectivity index (χ1) is 10.5. The third-order valence-corrected chi connectivity index (χ3v) is 4.39. The lowest BCUT2D eigenvalue weighted by Gasteiger charge is -2.20. The first-order valence-electron chi connectivity index (χ1n) is 7.54. The molecule has 0 heterocycles. The SMILES string of the molecule is Cl.NC(=O)C[C@@H](NC(=O)C[C@@H]1CCC[C@H]1N)c1cccc(Cl)c1. The lowest BCUT2D eigenvalue weighted by atomic mass is 9.98. The van der Waals surface area contributed by atoms with Crippen LogP contribution < -0.4 is 16.8 Å². The van der Waals surface area contributed by atoms with E-state index in [4.69, 9.17) is 23.1 Å². The Labute approximate surface area is 147 Å². The van der Waals surface area contributed by atoms with Crippen molar-refractivity contribution < 1.29 is 9.59 Å². The maximum absolute atomic E-state index is 12.2. The fraction of sp³-hybridized carbons (Fsp3) is 0.500. The number of amides is 2. The van der Waals surface area contributed by atoms with Gasteiger partial charge in [0.1, 0.15) is 0 Å². The summed E-state index contributed by atoms with van der Waals surface area (Å²) in [6, 6.07) is 6.71. The van der Waals surface area contributed by atoms with Crippen LogP contribution in [0.15, 0.2) is 24.3 Å². The highest BCUT2D eigenvalue weighted by Crippen LogP contribution is 2.27. The number of benzene rings is 1. The van der Waals surface area contributed by atoms with Crippen molar-refractivity contribution >= 4 is 35.8 Å². The average Bonchev–Trinajstić information content (AvgIpc) is 2.83. The number of nitrogens with one attached hydrogen (secondary N) is 1. The molecule has 0 bridgehead atoms. The van der Waals surface area contributed by atoms with Gasteiger partial charge in [0.25, 0.3) is 0 Å². The second kappa shape index (κ2) is 9.11. The summed E-state index contributed by atoms with van der Waals surface area (Å²) in [5.74, 6) is -0.356. The number of carbonyl (C=O) groups is 2. The van der Waals surface area contributed by atoms with Gasteiger partial charge in [0.05, 0.1) is 12.5 Å². The van der Waals surface area contributed by atoms with Gasteiger partial charge in [0.15, 0.2) is 0 Å². The highest BCUT2D eigenvalue weighted by Gasteiger charge is 2.27. The Morgan fingerprint density at radius 3 is 2.65 bits per heavy atom. The first-order valence-corrected chi connectivity index (χ1v) is 7.92. The van der Waals surface area contributed by atoms with Crippen molar-refractivity contribution in [2.45, 2.75) is 44.2 Å². The smallest absolute Gasteiger partial charge is 0.220 e. The van der Waals surface area contributed by atoms with Gasteiger partial charge >= 0.3 is 0 Å². The van der Waals surface area contributed by atoms with Crippen molar-refractivity contribution in [2.24, 2.45) is 17.4 Å². The summed E-state index contributed by atoms with van der Waals surface area (Å²) in [4.78, 5) is 23.5. The van der Waals surface area contributed by atoms with Crippen molar-refractivity contribution in [3.05, 3.63) is 34.9 Å². The molecule has 23 heavy (non-hydrogen) atoms. The molecule has 0 spiro atoms. The third-order valence-electron chi connectivity index (χ3n) is 4.16. The minimum absolute atomic E-state index is 0. The molecule has 0 unspecified atom stereocenters. The van der Waals surface area contributed by atoms with Crippen molar-refractivity contribution in [1.82, 2.24) is 5.32 Å². The molecule has 7 heteroatoms. The van der Waals surface area contributed by atoms with E-state index in [1.54, 1.807) is 18.2 Å². The maximum Gasteiger partial charge on any atom is 0.220 e. The Bertz CT molecular complexity index is 554. The van der Waals surface area contributed by atoms with E-state index >= 15 is 0 Å². The second-order valence-electron chi connectivity index (χ2n) is 5.90. The summed E-state index contributed by atoms with van der Waals surface area (Å²) in [5.41, 5.74) is 12.1. The summed E-state index contributed by atoms with van der Waals surface area (Å²) >= 11 is 5.97. The lowest BCUT2D eigenvalue weighted by Crippen LogP contribution is -2.35. The molecule has 5 nitrogen and oxygen atoms in total. The molecular weight excluding hydrogens is 337 g/mol. The van der Waals surface area contributed by atoms with Gasteiger partial charge in [0, 0.05) is 17.5 Å². The zero-order valence-electron chi connectivity index (χ0n) is 12.8. The van der Waals surface area contributed by atoms with Gasteiger partial charge in [-0.2, -0.15) is 0 Å². The summed E-state index contributed by atoms with van der Waals surface area (Å²) in [6.45, 7) is 0. The lowest BCUT2D eigenvalue weighted by molar-refractivity contribution is -0.123. The molecule has 0 aromatic heterocycles. The Morgan fingerprint density at radius 1 is 1.35 bits per heavy atom. The molecule has 1 aromatic carbocycles. The standard InChI is InChI=1S/C16H22ClN3O2.ClH/c17-12-5-1-4-11(7-12)14(9-15(19)21)20-16(22)8-10-3-2-6-13(10)18;/h1,4-5,7,10,13-14H,2-3,6,8-9,18H2,(H2,19,21)(H,20,22);1H/t10-,13+,14+;/m0./s1. The number of rotatable bonds is 6. The van der Waals surface area contributed by atoms with E-state index in [-0.39, 0.29) is 36.7 Å². The van der Waals surface area contributed by atoms with Gasteiger partial charge in [-0.15, -0.1) is 12.4 Å². The molecule has 0 saturated heterocycles. The Kier molecular flexibility index (Phi) is 7.82. The molecule has 1 aromatic rings. The summed E-state index contributed by atoms with van der Waals surface area (Å²) in [5, 5.41) is 3.44. The van der Waals surface area contributed by atoms with E-state index in [1.165, 1.54) is 0 Å². The topological polar surface area (TPSA) is 98.2 Å². The van der Waals surface area contributed by atoms with E-state index in [0.717, 1.165) is 24.8 Å². The normalized spacial score (nSPS) is 21.3. The molecule has 128 valence electrons. The fourth-order valence-electron chi connectivity index (χ4n) is 2.99. The van der Waals surface area contributed by atoms with Crippen molar-refractivity contribution in [3.63, 3.8) is 0 Å². The molecule has 2 rings (SSSR count). The van der Waals surface area contributed by atoms with Crippen LogP contribution in [-0.4, -0.2) is 17.9 Å². The van der Waals surface area contributed by atoms with Crippen LogP contribution in [-0.2, 0) is 9.59 Å². The molecule has 1 fully saturated rings. The molecule has 3 atom stereocenters. The first kappa shape index (κ1) is 19.7. The van der Waals surface area contributed by atoms with Crippen molar-refractivity contribution in [1.29, 1.82) is 0 Å². The predicted octanol–water partition coefficient (Wildman–Crippen LogP) is 2.31. The van der Waals surface area contributed by atoms with Crippen LogP contribution in [0.3, 0.4) is 0 Å². The van der Waals surface area contributed by atoms with Crippen LogP contribution in [0.5, 0.6) is 0 Å². The quantitative estimate of drug-likeness (QED) is 0.726. The van der Waals surface area contributed by atoms with E-state index in [2.05, 4.69) is 5.32 Å². The monoisotopic (exact) mass is 359 g/mol. The zero-order chi connectivity index (χ0) is 16.1. The third kappa shape index (κ3) is 6.01. The minimum atomic E-state index is -0.470. The number of primary amides is 1. The van der Waals surface area contributed by atoms with Gasteiger partial charge in [-0.25, -0.2) is 0 Å². The predicted molar refractivity (Wildman–Crippen MR) is 93.3 cm³/mol. The van der Waals surface area contributed by atoms with E-state index < -0.39 is 11.9 Å². The van der Waals surface area contributed by atoms with Crippen molar-refractivity contribution in [3.8, 4) is 0 Å². The van der Waals surface area contributed by atoms with Gasteiger partial charge < -0.3 is 16.8 Å². The van der Waals surface area contributed by atoms with Crippen LogP contribution in [0.1, 0.15) is 43.7 Å². The van der Waals surface area contributed by atoms with Crippen LogP contribution in [0.25, 0.3) is 0 Å². The second-order valence-corrected chi connectivity index (χ2v) is 6.34. The van der Waals surface area contributed by atoms with Gasteiger partial charge in [-0.1, -0.05) is 30.2 Å². The largest absolute Gasteiger partial charge is 0.370 e. The number of hydrogen-bond donors (Lipinski definition) is 3. The molecule has 0 aliphatic heterocycles. The summed E-state index contributed by atoms with van der Waals surface area (Å²) in [7, 11) is 0. The molecule has 0 radical (unpaired) electrons. The Balaban J connectivity index is 0.00000264. The van der Waals surface area contributed by atoms with Gasteiger partial charge in [-0.05, 0) is 36.5 Å². The van der Waals surface area contributed by atoms with Crippen LogP contribution in [0, 0.1) is 5.92 Å². The van der Waals surface area contributed by atoms with Crippen LogP contribution >= 0.6 is 24.0 Å². The molecular formula is C16H23Cl2N3O2. The van der Waals surface area contributed by atoms with Gasteiger partial charge in [0.2, 0.25) is 11.8 Å².